The van der Waals surface area contributed by atoms with Gasteiger partial charge in [-0.2, -0.15) is 0 Å². The molecule has 2 amide bonds. The van der Waals surface area contributed by atoms with Crippen molar-refractivity contribution >= 4 is 17.4 Å². The summed E-state index contributed by atoms with van der Waals surface area (Å²) < 4.78 is 11.1. The van der Waals surface area contributed by atoms with Crippen molar-refractivity contribution in [2.24, 2.45) is 0 Å². The first kappa shape index (κ1) is 15.7. The predicted molar refractivity (Wildman–Crippen MR) is 90.2 cm³/mol. The molecule has 2 heterocycles. The van der Waals surface area contributed by atoms with Crippen molar-refractivity contribution in [1.29, 1.82) is 0 Å². The highest BCUT2D eigenvalue weighted by molar-refractivity contribution is 7.10. The topological polar surface area (TPSA) is 59.6 Å². The molecule has 2 atom stereocenters. The number of fused-ring (bicyclic) bond motifs is 1. The van der Waals surface area contributed by atoms with E-state index in [1.165, 1.54) is 0 Å². The van der Waals surface area contributed by atoms with Crippen LogP contribution in [-0.4, -0.2) is 19.2 Å². The molecular weight excluding hydrogens is 312 g/mol. The molecule has 1 aromatic carbocycles. The largest absolute Gasteiger partial charge is 0.486 e. The van der Waals surface area contributed by atoms with Gasteiger partial charge in [0.1, 0.15) is 13.2 Å². The number of nitrogens with one attached hydrogen (secondary N) is 2. The normalized spacial score (nSPS) is 15.6. The van der Waals surface area contributed by atoms with E-state index in [9.17, 15) is 4.79 Å². The van der Waals surface area contributed by atoms with Gasteiger partial charge in [0, 0.05) is 4.88 Å². The maximum absolute atomic E-state index is 12.1. The van der Waals surface area contributed by atoms with Gasteiger partial charge in [-0.25, -0.2) is 4.79 Å². The van der Waals surface area contributed by atoms with E-state index in [2.05, 4.69) is 10.6 Å². The van der Waals surface area contributed by atoms with Crippen LogP contribution in [0.1, 0.15) is 36.4 Å². The number of carbonyl (C=O) groups excluding carboxylic acids is 1. The Hall–Kier alpha value is -2.21. The summed E-state index contributed by atoms with van der Waals surface area (Å²) in [5, 5.41) is 7.91. The van der Waals surface area contributed by atoms with E-state index in [1.54, 1.807) is 11.3 Å². The first-order chi connectivity index (χ1) is 11.1. The van der Waals surface area contributed by atoms with Crippen LogP contribution in [0.25, 0.3) is 0 Å². The van der Waals surface area contributed by atoms with Crippen LogP contribution in [-0.2, 0) is 0 Å². The molecule has 2 unspecified atom stereocenters. The number of benzene rings is 1. The quantitative estimate of drug-likeness (QED) is 0.898. The molecule has 6 heteroatoms. The molecular formula is C17H20N2O3S. The second kappa shape index (κ2) is 6.91. The van der Waals surface area contributed by atoms with Crippen LogP contribution in [0.4, 0.5) is 4.79 Å². The summed E-state index contributed by atoms with van der Waals surface area (Å²) in [5.41, 5.74) is 0.980. The van der Waals surface area contributed by atoms with Gasteiger partial charge in [-0.05, 0) is 43.0 Å². The van der Waals surface area contributed by atoms with Crippen LogP contribution in [0, 0.1) is 0 Å². The van der Waals surface area contributed by atoms with Crippen LogP contribution in [0.3, 0.4) is 0 Å². The Labute approximate surface area is 139 Å². The summed E-state index contributed by atoms with van der Waals surface area (Å²) in [6.45, 7) is 5.04. The molecule has 0 aliphatic carbocycles. The lowest BCUT2D eigenvalue weighted by Crippen LogP contribution is -2.38. The van der Waals surface area contributed by atoms with Gasteiger partial charge in [0.15, 0.2) is 11.5 Å². The Balaban J connectivity index is 1.60. The molecule has 23 heavy (non-hydrogen) atoms. The fraction of sp³-hybridized carbons (Fsp3) is 0.353. The second-order valence-corrected chi connectivity index (χ2v) is 6.46. The zero-order chi connectivity index (χ0) is 16.2. The van der Waals surface area contributed by atoms with Gasteiger partial charge in [0.05, 0.1) is 12.1 Å². The minimum absolute atomic E-state index is 0.0116. The molecule has 0 saturated heterocycles. The number of ether oxygens (including phenoxy) is 2. The Morgan fingerprint density at radius 2 is 1.83 bits per heavy atom. The zero-order valence-corrected chi connectivity index (χ0v) is 14.0. The number of thiophene rings is 1. The summed E-state index contributed by atoms with van der Waals surface area (Å²) in [4.78, 5) is 13.3. The second-order valence-electron chi connectivity index (χ2n) is 5.48. The lowest BCUT2D eigenvalue weighted by atomic mass is 10.1. The fourth-order valence-corrected chi connectivity index (χ4v) is 3.19. The van der Waals surface area contributed by atoms with Gasteiger partial charge in [-0.15, -0.1) is 11.3 Å². The van der Waals surface area contributed by atoms with E-state index in [0.29, 0.717) is 13.2 Å². The van der Waals surface area contributed by atoms with Crippen molar-refractivity contribution in [2.75, 3.05) is 13.2 Å². The number of hydrogen-bond acceptors (Lipinski definition) is 4. The summed E-state index contributed by atoms with van der Waals surface area (Å²) in [5.74, 6) is 1.48. The zero-order valence-electron chi connectivity index (χ0n) is 13.2. The third-order valence-corrected chi connectivity index (χ3v) is 4.79. The van der Waals surface area contributed by atoms with Crippen molar-refractivity contribution in [3.8, 4) is 11.5 Å². The van der Waals surface area contributed by atoms with Crippen molar-refractivity contribution in [1.82, 2.24) is 10.6 Å². The summed E-state index contributed by atoms with van der Waals surface area (Å²) in [7, 11) is 0. The van der Waals surface area contributed by atoms with E-state index in [0.717, 1.165) is 21.9 Å². The Bertz CT molecular complexity index is 672. The van der Waals surface area contributed by atoms with Gasteiger partial charge < -0.3 is 20.1 Å². The third kappa shape index (κ3) is 3.76. The van der Waals surface area contributed by atoms with Crippen LogP contribution in [0.2, 0.25) is 0 Å². The van der Waals surface area contributed by atoms with Crippen molar-refractivity contribution in [2.45, 2.75) is 25.9 Å². The molecule has 0 bridgehead atoms. The molecule has 5 nitrogen and oxygen atoms in total. The molecule has 1 aromatic heterocycles. The molecule has 2 N–H and O–H groups in total. The minimum Gasteiger partial charge on any atom is -0.486 e. The van der Waals surface area contributed by atoms with Crippen LogP contribution in [0.5, 0.6) is 11.5 Å². The summed E-state index contributed by atoms with van der Waals surface area (Å²) in [6.07, 6.45) is 0. The maximum atomic E-state index is 12.1. The number of rotatable bonds is 4. The van der Waals surface area contributed by atoms with E-state index in [-0.39, 0.29) is 18.1 Å². The van der Waals surface area contributed by atoms with Crippen molar-refractivity contribution < 1.29 is 14.3 Å². The molecule has 0 spiro atoms. The lowest BCUT2D eigenvalue weighted by molar-refractivity contribution is 0.171. The van der Waals surface area contributed by atoms with Crippen molar-refractivity contribution in [3.63, 3.8) is 0 Å². The van der Waals surface area contributed by atoms with Gasteiger partial charge in [-0.1, -0.05) is 12.1 Å². The summed E-state index contributed by atoms with van der Waals surface area (Å²) in [6, 6.07) is 9.42. The fourth-order valence-electron chi connectivity index (χ4n) is 2.46. The van der Waals surface area contributed by atoms with Gasteiger partial charge in [0.25, 0.3) is 0 Å². The molecule has 2 aromatic rings. The standard InChI is InChI=1S/C17H20N2O3S/c1-11(13-5-6-14-15(10-13)22-8-7-21-14)18-17(20)19-12(2)16-4-3-9-23-16/h3-6,9-12H,7-8H2,1-2H3,(H2,18,19,20). The van der Waals surface area contributed by atoms with Gasteiger partial charge >= 0.3 is 6.03 Å². The van der Waals surface area contributed by atoms with E-state index >= 15 is 0 Å². The summed E-state index contributed by atoms with van der Waals surface area (Å²) >= 11 is 1.63. The molecule has 0 saturated carbocycles. The van der Waals surface area contributed by atoms with Crippen LogP contribution < -0.4 is 20.1 Å². The first-order valence-corrected chi connectivity index (χ1v) is 8.51. The highest BCUT2D eigenvalue weighted by Gasteiger charge is 2.17. The molecule has 0 radical (unpaired) electrons. The first-order valence-electron chi connectivity index (χ1n) is 7.63. The number of urea groups is 1. The Morgan fingerprint density at radius 3 is 2.57 bits per heavy atom. The molecule has 1 aliphatic rings. The average Bonchev–Trinajstić information content (AvgIpc) is 3.08. The molecule has 122 valence electrons. The predicted octanol–water partition coefficient (Wildman–Crippen LogP) is 3.64. The number of hydrogen-bond donors (Lipinski definition) is 2. The van der Waals surface area contributed by atoms with Crippen molar-refractivity contribution in [3.05, 3.63) is 46.2 Å². The molecule has 3 rings (SSSR count). The minimum atomic E-state index is -0.187. The number of amides is 2. The van der Waals surface area contributed by atoms with Crippen LogP contribution >= 0.6 is 11.3 Å². The van der Waals surface area contributed by atoms with Gasteiger partial charge in [0.2, 0.25) is 0 Å². The van der Waals surface area contributed by atoms with E-state index in [1.807, 2.05) is 49.6 Å². The molecule has 1 aliphatic heterocycles. The monoisotopic (exact) mass is 332 g/mol. The average molecular weight is 332 g/mol. The lowest BCUT2D eigenvalue weighted by Gasteiger charge is -2.21. The highest BCUT2D eigenvalue weighted by atomic mass is 32.1. The van der Waals surface area contributed by atoms with E-state index in [4.69, 9.17) is 9.47 Å². The maximum Gasteiger partial charge on any atom is 0.315 e. The molecule has 0 fully saturated rings. The Kier molecular flexibility index (Phi) is 4.71. The van der Waals surface area contributed by atoms with Gasteiger partial charge in [-0.3, -0.25) is 0 Å². The highest BCUT2D eigenvalue weighted by Crippen LogP contribution is 2.32. The van der Waals surface area contributed by atoms with E-state index < -0.39 is 0 Å². The number of carbonyl (C=O) groups is 1. The Morgan fingerprint density at radius 1 is 1.09 bits per heavy atom. The smallest absolute Gasteiger partial charge is 0.315 e. The SMILES string of the molecule is CC(NC(=O)NC(C)c1cccs1)c1ccc2c(c1)OCCO2. The van der Waals surface area contributed by atoms with Crippen LogP contribution in [0.15, 0.2) is 35.7 Å². The third-order valence-electron chi connectivity index (χ3n) is 3.73.